The summed E-state index contributed by atoms with van der Waals surface area (Å²) in [6.45, 7) is 2.07. The fraction of sp³-hybridized carbons (Fsp3) is 0.500. The van der Waals surface area contributed by atoms with Gasteiger partial charge in [-0.05, 0) is 6.92 Å². The molecular formula is C4H7N2O2+. The van der Waals surface area contributed by atoms with Crippen molar-refractivity contribution < 1.29 is 9.84 Å². The van der Waals surface area contributed by atoms with Crippen molar-refractivity contribution in [2.75, 3.05) is 6.61 Å². The van der Waals surface area contributed by atoms with Gasteiger partial charge in [0, 0.05) is 0 Å². The van der Waals surface area contributed by atoms with E-state index in [0.29, 0.717) is 6.61 Å². The van der Waals surface area contributed by atoms with Crippen LogP contribution in [0.5, 0.6) is 0 Å². The Morgan fingerprint density at radius 1 is 2.00 bits per heavy atom. The van der Waals surface area contributed by atoms with E-state index in [4.69, 9.17) is 10.5 Å². The molecule has 0 bridgehead atoms. The molecule has 0 aromatic rings. The highest BCUT2D eigenvalue weighted by atomic mass is 16.6. The van der Waals surface area contributed by atoms with Gasteiger partial charge in [0.15, 0.2) is 4.98 Å². The van der Waals surface area contributed by atoms with Crippen molar-refractivity contribution in [1.29, 1.82) is 5.39 Å². The van der Waals surface area contributed by atoms with Crippen LogP contribution >= 0.6 is 0 Å². The van der Waals surface area contributed by atoms with Crippen molar-refractivity contribution in [3.63, 3.8) is 0 Å². The normalized spacial score (nSPS) is 10.2. The molecule has 0 aliphatic heterocycles. The first-order valence-corrected chi connectivity index (χ1v) is 2.17. The van der Waals surface area contributed by atoms with Gasteiger partial charge in [-0.25, -0.2) is 0 Å². The Kier molecular flexibility index (Phi) is 3.32. The molecule has 8 heavy (non-hydrogen) atoms. The maximum absolute atomic E-state index is 8.43. The predicted molar refractivity (Wildman–Crippen MR) is 27.4 cm³/mol. The van der Waals surface area contributed by atoms with Crippen molar-refractivity contribution in [1.82, 2.24) is 0 Å². The summed E-state index contributed by atoms with van der Waals surface area (Å²) < 4.78 is 4.45. The molecule has 0 radical (unpaired) electrons. The van der Waals surface area contributed by atoms with Crippen molar-refractivity contribution >= 4 is 0 Å². The number of aliphatic hydroxyl groups excluding tert-OH is 1. The minimum atomic E-state index is -0.380. The van der Waals surface area contributed by atoms with Crippen LogP contribution in [0.2, 0.25) is 0 Å². The van der Waals surface area contributed by atoms with Crippen LogP contribution in [0.1, 0.15) is 6.92 Å². The lowest BCUT2D eigenvalue weighted by molar-refractivity contribution is 0.102. The largest absolute Gasteiger partial charge is 0.476 e. The zero-order valence-electron chi connectivity index (χ0n) is 4.53. The van der Waals surface area contributed by atoms with E-state index in [2.05, 4.69) is 9.71 Å². The van der Waals surface area contributed by atoms with Gasteiger partial charge in [-0.1, -0.05) is 0 Å². The van der Waals surface area contributed by atoms with Crippen molar-refractivity contribution in [2.45, 2.75) is 6.92 Å². The lowest BCUT2D eigenvalue weighted by Crippen LogP contribution is -1.87. The van der Waals surface area contributed by atoms with Gasteiger partial charge in [0.2, 0.25) is 5.39 Å². The second-order valence-corrected chi connectivity index (χ2v) is 1.02. The van der Waals surface area contributed by atoms with E-state index in [0.717, 1.165) is 6.20 Å². The molecule has 0 amide bonds. The van der Waals surface area contributed by atoms with Crippen molar-refractivity contribution in [2.24, 2.45) is 0 Å². The molecule has 4 nitrogen and oxygen atoms in total. The van der Waals surface area contributed by atoms with Crippen LogP contribution in [-0.2, 0) is 4.74 Å². The zero-order valence-corrected chi connectivity index (χ0v) is 4.53. The summed E-state index contributed by atoms with van der Waals surface area (Å²) in [5.74, 6) is -0.380. The molecule has 0 heterocycles. The van der Waals surface area contributed by atoms with E-state index in [1.54, 1.807) is 6.92 Å². The summed E-state index contributed by atoms with van der Waals surface area (Å²) in [6, 6.07) is 0. The van der Waals surface area contributed by atoms with Gasteiger partial charge in [-0.15, -0.1) is 0 Å². The summed E-state index contributed by atoms with van der Waals surface area (Å²) in [6.07, 6.45) is 0.809. The molecule has 0 aromatic heterocycles. The summed E-state index contributed by atoms with van der Waals surface area (Å²) in [5, 5.41) is 16.2. The minimum Gasteiger partial charge on any atom is -0.476 e. The quantitative estimate of drug-likeness (QED) is 0.437. The van der Waals surface area contributed by atoms with Gasteiger partial charge in [0.25, 0.3) is 0 Å². The predicted octanol–water partition coefficient (Wildman–Crippen LogP) is 1.23. The highest BCUT2D eigenvalue weighted by molar-refractivity contribution is 4.86. The van der Waals surface area contributed by atoms with Crippen LogP contribution in [0.4, 0.5) is 0 Å². The first kappa shape index (κ1) is 6.76. The van der Waals surface area contributed by atoms with Crippen LogP contribution in [0.25, 0.3) is 4.98 Å². The highest BCUT2D eigenvalue weighted by Gasteiger charge is 1.95. The average molecular weight is 117 g/mol. The third-order valence-corrected chi connectivity index (χ3v) is 0.460. The second kappa shape index (κ2) is 3.93. The van der Waals surface area contributed by atoms with Gasteiger partial charge < -0.3 is 9.84 Å². The van der Waals surface area contributed by atoms with Crippen LogP contribution < -0.4 is 0 Å². The molecule has 0 fully saturated rings. The third-order valence-electron chi connectivity index (χ3n) is 0.460. The number of diazo groups is 1. The fourth-order valence-corrected chi connectivity index (χ4v) is 0.235. The lowest BCUT2D eigenvalue weighted by Gasteiger charge is -1.91. The molecule has 0 saturated heterocycles. The van der Waals surface area contributed by atoms with E-state index in [1.807, 2.05) is 0 Å². The fourth-order valence-electron chi connectivity index (χ4n) is 0.235. The standard InChI is InChI=1S/C4H6N2O2/c1-2-8-4(7)3-6-5/h3H,2H2,1H3/p+1/b4-3+/i3+2. The van der Waals surface area contributed by atoms with Crippen molar-refractivity contribution in [3.8, 4) is 0 Å². The Balaban J connectivity index is 3.49. The summed E-state index contributed by atoms with van der Waals surface area (Å²) in [5.41, 5.74) is 0. The Morgan fingerprint density at radius 3 is 3.00 bits per heavy atom. The van der Waals surface area contributed by atoms with Crippen LogP contribution in [0.3, 0.4) is 0 Å². The minimum absolute atomic E-state index is 0.359. The number of aliphatic hydroxyl groups is 1. The first-order chi connectivity index (χ1) is 3.81. The lowest BCUT2D eigenvalue weighted by atomic mass is 10.9. The van der Waals surface area contributed by atoms with E-state index in [1.165, 1.54) is 0 Å². The molecular weight excluding hydrogens is 110 g/mol. The maximum atomic E-state index is 8.43. The summed E-state index contributed by atoms with van der Waals surface area (Å²) in [7, 11) is 0. The summed E-state index contributed by atoms with van der Waals surface area (Å²) in [4.78, 5) is 2.52. The Labute approximate surface area is 47.0 Å². The molecule has 0 aliphatic rings. The highest BCUT2D eigenvalue weighted by Crippen LogP contribution is 1.89. The zero-order chi connectivity index (χ0) is 6.41. The van der Waals surface area contributed by atoms with Crippen molar-refractivity contribution in [3.05, 3.63) is 17.1 Å². The van der Waals surface area contributed by atoms with E-state index < -0.39 is 0 Å². The van der Waals surface area contributed by atoms with Crippen LogP contribution in [-0.4, -0.2) is 11.7 Å². The van der Waals surface area contributed by atoms with Gasteiger partial charge in [0.05, 0.1) is 6.61 Å². The number of rotatable bonds is 2. The molecule has 0 rings (SSSR count). The van der Waals surface area contributed by atoms with Gasteiger partial charge in [-0.3, -0.25) is 0 Å². The van der Waals surface area contributed by atoms with Crippen LogP contribution in [0.15, 0.2) is 12.1 Å². The summed E-state index contributed by atoms with van der Waals surface area (Å²) >= 11 is 0. The molecule has 44 valence electrons. The van der Waals surface area contributed by atoms with E-state index in [-0.39, 0.29) is 5.95 Å². The van der Waals surface area contributed by atoms with E-state index >= 15 is 0 Å². The number of hydrogen-bond acceptors (Lipinski definition) is 3. The molecule has 0 aliphatic carbocycles. The Bertz CT molecular complexity index is 124. The monoisotopic (exact) mass is 117 g/mol. The smallest absolute Gasteiger partial charge is 0.429 e. The van der Waals surface area contributed by atoms with Gasteiger partial charge in [0.1, 0.15) is 0 Å². The van der Waals surface area contributed by atoms with Crippen LogP contribution in [0, 0.1) is 5.39 Å². The molecule has 0 unspecified atom stereocenters. The number of nitrogens with zero attached hydrogens (tertiary/aromatic N) is 2. The molecule has 4 heteroatoms. The molecule has 0 spiro atoms. The molecule has 0 saturated carbocycles. The second-order valence-electron chi connectivity index (χ2n) is 1.02. The Hall–Kier alpha value is -1.24. The number of ether oxygens (including phenoxy) is 1. The number of hydrogen-bond donors (Lipinski definition) is 1. The van der Waals surface area contributed by atoms with E-state index in [9.17, 15) is 0 Å². The van der Waals surface area contributed by atoms with Gasteiger partial charge >= 0.3 is 12.1 Å². The van der Waals surface area contributed by atoms with Gasteiger partial charge in [-0.2, -0.15) is 0 Å². The average Bonchev–Trinajstić information content (AvgIpc) is 1.68. The molecule has 1 N–H and O–H groups in total. The first-order valence-electron chi connectivity index (χ1n) is 2.17. The molecule has 0 atom stereocenters. The SMILES string of the molecule is CCO/C(O)=[14CH]/[N+]#N. The Morgan fingerprint density at radius 2 is 2.62 bits per heavy atom. The maximum Gasteiger partial charge on any atom is 0.429 e. The topological polar surface area (TPSA) is 57.6 Å². The third kappa shape index (κ3) is 2.97. The molecule has 0 aromatic carbocycles.